The first kappa shape index (κ1) is 25.4. The molecule has 0 saturated carbocycles. The monoisotopic (exact) mass is 529 g/mol. The molecule has 29 heavy (non-hydrogen) atoms. The minimum atomic E-state index is -3.20. The minimum Gasteiger partial charge on any atom is -0.357 e. The lowest BCUT2D eigenvalue weighted by Crippen LogP contribution is -2.37. The molecule has 0 atom stereocenters. The summed E-state index contributed by atoms with van der Waals surface area (Å²) in [6, 6.07) is 9.76. The van der Waals surface area contributed by atoms with Gasteiger partial charge in [-0.15, -0.1) is 24.0 Å². The maximum Gasteiger partial charge on any atom is 0.191 e. The van der Waals surface area contributed by atoms with Gasteiger partial charge in [-0.2, -0.15) is 0 Å². The summed E-state index contributed by atoms with van der Waals surface area (Å²) in [7, 11) is -3.20. The van der Waals surface area contributed by atoms with Crippen molar-refractivity contribution in [1.82, 2.24) is 10.6 Å². The second-order valence-electron chi connectivity index (χ2n) is 7.30. The van der Waals surface area contributed by atoms with Gasteiger partial charge in [0.15, 0.2) is 15.8 Å². The topological polar surface area (TPSA) is 70.6 Å². The highest BCUT2D eigenvalue weighted by atomic mass is 127. The second kappa shape index (κ2) is 11.0. The van der Waals surface area contributed by atoms with Crippen LogP contribution in [-0.4, -0.2) is 27.2 Å². The Labute approximate surface area is 192 Å². The second-order valence-corrected chi connectivity index (χ2v) is 9.28. The molecule has 0 radical (unpaired) electrons. The molecule has 160 valence electrons. The summed E-state index contributed by atoms with van der Waals surface area (Å²) in [4.78, 5) is 5.02. The van der Waals surface area contributed by atoms with Crippen molar-refractivity contribution in [2.24, 2.45) is 4.99 Å². The summed E-state index contributed by atoms with van der Waals surface area (Å²) in [6.07, 6.45) is 1.23. The average molecular weight is 529 g/mol. The van der Waals surface area contributed by atoms with Gasteiger partial charge < -0.3 is 10.6 Å². The van der Waals surface area contributed by atoms with Crippen LogP contribution in [0.3, 0.4) is 0 Å². The zero-order valence-corrected chi connectivity index (χ0v) is 21.2. The van der Waals surface area contributed by atoms with E-state index in [1.807, 2.05) is 26.0 Å². The Morgan fingerprint density at radius 1 is 0.966 bits per heavy atom. The molecule has 0 heterocycles. The third-order valence-electron chi connectivity index (χ3n) is 4.68. The van der Waals surface area contributed by atoms with E-state index < -0.39 is 9.84 Å². The number of halogens is 1. The molecule has 2 aromatic carbocycles. The molecular weight excluding hydrogens is 497 g/mol. The van der Waals surface area contributed by atoms with Gasteiger partial charge in [-0.3, -0.25) is 0 Å². The lowest BCUT2D eigenvalue weighted by Gasteiger charge is -2.15. The van der Waals surface area contributed by atoms with Crippen molar-refractivity contribution in [3.05, 3.63) is 63.7 Å². The van der Waals surface area contributed by atoms with E-state index in [9.17, 15) is 8.42 Å². The fourth-order valence-electron chi connectivity index (χ4n) is 3.40. The molecule has 2 aromatic rings. The van der Waals surface area contributed by atoms with E-state index in [1.165, 1.54) is 28.5 Å². The number of aryl methyl sites for hydroxylation is 4. The standard InChI is InChI=1S/C22H31N3O2S.HI/c1-7-23-22(25-14-20-16(3)10-15(2)11-17(20)4)24-13-19-8-9-21(18(5)12-19)28(6,26)27;/h8-12H,7,13-14H2,1-6H3,(H2,23,24,25);1H. The molecular formula is C22H32IN3O2S. The number of benzene rings is 2. The molecule has 2 rings (SSSR count). The number of sulfone groups is 1. The molecule has 0 aromatic heterocycles. The third kappa shape index (κ3) is 7.29. The van der Waals surface area contributed by atoms with Gasteiger partial charge in [0.05, 0.1) is 11.4 Å². The van der Waals surface area contributed by atoms with Crippen molar-refractivity contribution in [3.63, 3.8) is 0 Å². The minimum absolute atomic E-state index is 0. The Morgan fingerprint density at radius 2 is 1.59 bits per heavy atom. The summed E-state index contributed by atoms with van der Waals surface area (Å²) in [5.41, 5.74) is 6.82. The van der Waals surface area contributed by atoms with E-state index >= 15 is 0 Å². The molecule has 0 aliphatic carbocycles. The first-order valence-corrected chi connectivity index (χ1v) is 11.4. The van der Waals surface area contributed by atoms with Crippen LogP contribution in [0.25, 0.3) is 0 Å². The third-order valence-corrected chi connectivity index (χ3v) is 5.93. The van der Waals surface area contributed by atoms with E-state index in [4.69, 9.17) is 0 Å². The number of nitrogens with one attached hydrogen (secondary N) is 2. The highest BCUT2D eigenvalue weighted by Gasteiger charge is 2.11. The number of hydrogen-bond donors (Lipinski definition) is 2. The number of hydrogen-bond acceptors (Lipinski definition) is 3. The van der Waals surface area contributed by atoms with E-state index in [2.05, 4.69) is 48.5 Å². The summed E-state index contributed by atoms with van der Waals surface area (Å²) in [5.74, 6) is 0.742. The Kier molecular flexibility index (Phi) is 9.61. The molecule has 0 amide bonds. The van der Waals surface area contributed by atoms with Gasteiger partial charge >= 0.3 is 0 Å². The van der Waals surface area contributed by atoms with Crippen LogP contribution in [-0.2, 0) is 22.9 Å². The molecule has 0 aliphatic heterocycles. The molecule has 0 bridgehead atoms. The van der Waals surface area contributed by atoms with Gasteiger partial charge in [0.2, 0.25) is 0 Å². The quantitative estimate of drug-likeness (QED) is 0.335. The molecule has 0 fully saturated rings. The molecule has 2 N–H and O–H groups in total. The SMILES string of the molecule is CCNC(=NCc1ccc(S(C)(=O)=O)c(C)c1)NCc1c(C)cc(C)cc1C.I. The molecule has 0 spiro atoms. The lowest BCUT2D eigenvalue weighted by atomic mass is 10.00. The van der Waals surface area contributed by atoms with Gasteiger partial charge in [0.25, 0.3) is 0 Å². The smallest absolute Gasteiger partial charge is 0.191 e. The zero-order chi connectivity index (χ0) is 20.9. The van der Waals surface area contributed by atoms with Crippen molar-refractivity contribution in [3.8, 4) is 0 Å². The number of rotatable bonds is 6. The number of aliphatic imine (C=N–C) groups is 1. The van der Waals surface area contributed by atoms with Crippen LogP contribution in [0.15, 0.2) is 40.2 Å². The summed E-state index contributed by atoms with van der Waals surface area (Å²) in [6.45, 7) is 12.2. The maximum atomic E-state index is 11.8. The number of guanidine groups is 1. The Bertz CT molecular complexity index is 963. The fourth-order valence-corrected chi connectivity index (χ4v) is 4.36. The van der Waals surface area contributed by atoms with E-state index in [-0.39, 0.29) is 24.0 Å². The van der Waals surface area contributed by atoms with Crippen molar-refractivity contribution in [2.75, 3.05) is 12.8 Å². The first-order chi connectivity index (χ1) is 13.1. The molecule has 7 heteroatoms. The van der Waals surface area contributed by atoms with Crippen molar-refractivity contribution < 1.29 is 8.42 Å². The van der Waals surface area contributed by atoms with Gasteiger partial charge in [-0.05, 0) is 68.5 Å². The largest absolute Gasteiger partial charge is 0.357 e. The summed E-state index contributed by atoms with van der Waals surface area (Å²) >= 11 is 0. The van der Waals surface area contributed by atoms with Crippen LogP contribution in [0.5, 0.6) is 0 Å². The molecule has 0 saturated heterocycles. The molecule has 0 unspecified atom stereocenters. The van der Waals surface area contributed by atoms with Crippen molar-refractivity contribution in [2.45, 2.75) is 52.6 Å². The Balaban J connectivity index is 0.00000420. The van der Waals surface area contributed by atoms with Gasteiger partial charge in [0.1, 0.15) is 0 Å². The highest BCUT2D eigenvalue weighted by Crippen LogP contribution is 2.18. The van der Waals surface area contributed by atoms with Crippen LogP contribution in [0.2, 0.25) is 0 Å². The van der Waals surface area contributed by atoms with Gasteiger partial charge in [0, 0.05) is 19.3 Å². The van der Waals surface area contributed by atoms with Gasteiger partial charge in [-0.25, -0.2) is 13.4 Å². The van der Waals surface area contributed by atoms with Crippen LogP contribution in [0.1, 0.15) is 40.3 Å². The molecule has 0 aliphatic rings. The van der Waals surface area contributed by atoms with E-state index in [0.717, 1.165) is 23.6 Å². The lowest BCUT2D eigenvalue weighted by molar-refractivity contribution is 0.601. The van der Waals surface area contributed by atoms with Crippen LogP contribution < -0.4 is 10.6 Å². The number of nitrogens with zero attached hydrogens (tertiary/aromatic N) is 1. The summed E-state index contributed by atoms with van der Waals surface area (Å²) < 4.78 is 23.5. The fraction of sp³-hybridized carbons (Fsp3) is 0.409. The van der Waals surface area contributed by atoms with E-state index in [0.29, 0.717) is 18.0 Å². The maximum absolute atomic E-state index is 11.8. The first-order valence-electron chi connectivity index (χ1n) is 9.50. The predicted molar refractivity (Wildman–Crippen MR) is 132 cm³/mol. The van der Waals surface area contributed by atoms with Crippen LogP contribution >= 0.6 is 24.0 Å². The average Bonchev–Trinajstić information content (AvgIpc) is 2.57. The van der Waals surface area contributed by atoms with Crippen molar-refractivity contribution >= 4 is 39.8 Å². The Hall–Kier alpha value is -1.61. The predicted octanol–water partition coefficient (Wildman–Crippen LogP) is 4.20. The van der Waals surface area contributed by atoms with Crippen LogP contribution in [0, 0.1) is 27.7 Å². The van der Waals surface area contributed by atoms with Gasteiger partial charge in [-0.1, -0.05) is 29.8 Å². The Morgan fingerprint density at radius 3 is 2.10 bits per heavy atom. The highest BCUT2D eigenvalue weighted by molar-refractivity contribution is 14.0. The van der Waals surface area contributed by atoms with Crippen molar-refractivity contribution in [1.29, 1.82) is 0 Å². The van der Waals surface area contributed by atoms with E-state index in [1.54, 1.807) is 6.07 Å². The molecule has 5 nitrogen and oxygen atoms in total. The summed E-state index contributed by atoms with van der Waals surface area (Å²) in [5, 5.41) is 6.67. The zero-order valence-electron chi connectivity index (χ0n) is 18.1. The normalized spacial score (nSPS) is 11.7. The van der Waals surface area contributed by atoms with Crippen LogP contribution in [0.4, 0.5) is 0 Å².